The molecule has 27 heavy (non-hydrogen) atoms. The van der Waals surface area contributed by atoms with Gasteiger partial charge >= 0.3 is 0 Å². The van der Waals surface area contributed by atoms with Crippen molar-refractivity contribution in [3.8, 4) is 0 Å². The molecule has 2 aliphatic heterocycles. The highest BCUT2D eigenvalue weighted by atomic mass is 16.5. The Bertz CT molecular complexity index is 569. The van der Waals surface area contributed by atoms with Gasteiger partial charge in [-0.2, -0.15) is 0 Å². The van der Waals surface area contributed by atoms with E-state index in [1.165, 1.54) is 37.9 Å². The molecule has 0 spiro atoms. The van der Waals surface area contributed by atoms with Crippen molar-refractivity contribution in [1.82, 2.24) is 15.1 Å². The van der Waals surface area contributed by atoms with Crippen LogP contribution in [0, 0.1) is 11.8 Å². The number of rotatable bonds is 7. The van der Waals surface area contributed by atoms with Crippen LogP contribution in [0.2, 0.25) is 0 Å². The summed E-state index contributed by atoms with van der Waals surface area (Å²) in [5.74, 6) is 2.54. The van der Waals surface area contributed by atoms with Crippen LogP contribution in [0.15, 0.2) is 35.3 Å². The molecule has 2 aliphatic rings. The summed E-state index contributed by atoms with van der Waals surface area (Å²) in [6.45, 7) is 10.6. The van der Waals surface area contributed by atoms with Gasteiger partial charge in [0.25, 0.3) is 0 Å². The monoisotopic (exact) mass is 372 g/mol. The Morgan fingerprint density at radius 2 is 1.93 bits per heavy atom. The summed E-state index contributed by atoms with van der Waals surface area (Å²) in [4.78, 5) is 9.46. The molecule has 3 rings (SSSR count). The van der Waals surface area contributed by atoms with Crippen LogP contribution in [0.3, 0.4) is 0 Å². The SMILES string of the molecule is CN=C(NCCN1CCC(C)CC1)N1CCC(COCc2ccccc2)C1. The number of guanidine groups is 1. The van der Waals surface area contributed by atoms with Crippen molar-refractivity contribution in [1.29, 1.82) is 0 Å². The third-order valence-corrected chi connectivity index (χ3v) is 5.85. The maximum atomic E-state index is 5.94. The third kappa shape index (κ3) is 6.51. The van der Waals surface area contributed by atoms with Crippen LogP contribution >= 0.6 is 0 Å². The summed E-state index contributed by atoms with van der Waals surface area (Å²) in [5, 5.41) is 3.57. The second-order valence-electron chi connectivity index (χ2n) is 8.10. The molecule has 2 heterocycles. The zero-order chi connectivity index (χ0) is 18.9. The Morgan fingerprint density at radius 1 is 1.15 bits per heavy atom. The lowest BCUT2D eigenvalue weighted by Crippen LogP contribution is -2.44. The average Bonchev–Trinajstić information content (AvgIpc) is 3.16. The summed E-state index contributed by atoms with van der Waals surface area (Å²) in [5.41, 5.74) is 1.25. The van der Waals surface area contributed by atoms with E-state index < -0.39 is 0 Å². The molecule has 0 saturated carbocycles. The van der Waals surface area contributed by atoms with E-state index >= 15 is 0 Å². The molecule has 1 aromatic rings. The molecule has 1 atom stereocenters. The molecular weight excluding hydrogens is 336 g/mol. The summed E-state index contributed by atoms with van der Waals surface area (Å²) >= 11 is 0. The first-order valence-corrected chi connectivity index (χ1v) is 10.5. The molecule has 2 fully saturated rings. The molecule has 5 heteroatoms. The highest BCUT2D eigenvalue weighted by Crippen LogP contribution is 2.18. The van der Waals surface area contributed by atoms with E-state index in [1.807, 2.05) is 13.1 Å². The highest BCUT2D eigenvalue weighted by Gasteiger charge is 2.25. The number of nitrogens with one attached hydrogen (secondary N) is 1. The minimum absolute atomic E-state index is 0.593. The molecule has 0 amide bonds. The lowest BCUT2D eigenvalue weighted by molar-refractivity contribution is 0.0906. The number of ether oxygens (including phenoxy) is 1. The number of likely N-dealkylation sites (tertiary alicyclic amines) is 2. The lowest BCUT2D eigenvalue weighted by Gasteiger charge is -2.30. The van der Waals surface area contributed by atoms with E-state index in [4.69, 9.17) is 4.74 Å². The standard InChI is InChI=1S/C22H36N4O/c1-19-8-12-25(13-9-19)15-11-24-22(23-2)26-14-10-21(16-26)18-27-17-20-6-4-3-5-7-20/h3-7,19,21H,8-18H2,1-2H3,(H,23,24). The normalized spacial score (nSPS) is 22.4. The maximum absolute atomic E-state index is 5.94. The second-order valence-corrected chi connectivity index (χ2v) is 8.10. The van der Waals surface area contributed by atoms with Gasteiger partial charge in [-0.25, -0.2) is 0 Å². The minimum Gasteiger partial charge on any atom is -0.376 e. The average molecular weight is 373 g/mol. The molecule has 1 aromatic carbocycles. The topological polar surface area (TPSA) is 40.1 Å². The van der Waals surface area contributed by atoms with Crippen LogP contribution in [0.4, 0.5) is 0 Å². The first kappa shape index (κ1) is 20.2. The van der Waals surface area contributed by atoms with Gasteiger partial charge in [0.1, 0.15) is 0 Å². The largest absolute Gasteiger partial charge is 0.376 e. The number of hydrogen-bond donors (Lipinski definition) is 1. The number of hydrogen-bond acceptors (Lipinski definition) is 3. The van der Waals surface area contributed by atoms with Crippen LogP contribution < -0.4 is 5.32 Å². The van der Waals surface area contributed by atoms with E-state index in [1.54, 1.807) is 0 Å². The van der Waals surface area contributed by atoms with Gasteiger partial charge in [-0.15, -0.1) is 0 Å². The summed E-state index contributed by atoms with van der Waals surface area (Å²) in [7, 11) is 1.89. The molecule has 1 unspecified atom stereocenters. The molecule has 0 aromatic heterocycles. The summed E-state index contributed by atoms with van der Waals surface area (Å²) < 4.78 is 5.94. The van der Waals surface area contributed by atoms with E-state index in [9.17, 15) is 0 Å². The van der Waals surface area contributed by atoms with Crippen molar-refractivity contribution in [3.05, 3.63) is 35.9 Å². The predicted molar refractivity (Wildman–Crippen MR) is 112 cm³/mol. The lowest BCUT2D eigenvalue weighted by atomic mass is 9.99. The number of aliphatic imine (C=N–C) groups is 1. The van der Waals surface area contributed by atoms with Gasteiger partial charge in [-0.3, -0.25) is 4.99 Å². The molecule has 1 N–H and O–H groups in total. The second kappa shape index (κ2) is 10.7. The summed E-state index contributed by atoms with van der Waals surface area (Å²) in [6.07, 6.45) is 3.86. The fraction of sp³-hybridized carbons (Fsp3) is 0.682. The first-order valence-electron chi connectivity index (χ1n) is 10.5. The van der Waals surface area contributed by atoms with Crippen LogP contribution in [0.5, 0.6) is 0 Å². The van der Waals surface area contributed by atoms with Crippen LogP contribution in [-0.4, -0.2) is 68.7 Å². The predicted octanol–water partition coefficient (Wildman–Crippen LogP) is 2.83. The quantitative estimate of drug-likeness (QED) is 0.590. The molecule has 0 bridgehead atoms. The van der Waals surface area contributed by atoms with Crippen molar-refractivity contribution in [3.63, 3.8) is 0 Å². The molecule has 0 radical (unpaired) electrons. The van der Waals surface area contributed by atoms with Crippen LogP contribution in [-0.2, 0) is 11.3 Å². The van der Waals surface area contributed by atoms with E-state index in [0.29, 0.717) is 12.5 Å². The Hall–Kier alpha value is -1.59. The Labute approximate surface area is 164 Å². The number of nitrogens with zero attached hydrogens (tertiary/aromatic N) is 3. The van der Waals surface area contributed by atoms with Gasteiger partial charge in [0.15, 0.2) is 5.96 Å². The fourth-order valence-electron chi connectivity index (χ4n) is 4.02. The van der Waals surface area contributed by atoms with Gasteiger partial charge in [-0.05, 0) is 43.8 Å². The van der Waals surface area contributed by atoms with Gasteiger partial charge in [0, 0.05) is 39.1 Å². The van der Waals surface area contributed by atoms with Crippen molar-refractivity contribution >= 4 is 5.96 Å². The van der Waals surface area contributed by atoms with Crippen molar-refractivity contribution < 1.29 is 4.74 Å². The fourth-order valence-corrected chi connectivity index (χ4v) is 4.02. The first-order chi connectivity index (χ1) is 13.2. The van der Waals surface area contributed by atoms with E-state index in [2.05, 4.69) is 51.3 Å². The van der Waals surface area contributed by atoms with Gasteiger partial charge in [-0.1, -0.05) is 37.3 Å². The molecule has 5 nitrogen and oxygen atoms in total. The highest BCUT2D eigenvalue weighted by molar-refractivity contribution is 5.80. The zero-order valence-electron chi connectivity index (χ0n) is 17.1. The Morgan fingerprint density at radius 3 is 2.67 bits per heavy atom. The molecule has 2 saturated heterocycles. The zero-order valence-corrected chi connectivity index (χ0v) is 17.1. The van der Waals surface area contributed by atoms with Crippen LogP contribution in [0.25, 0.3) is 0 Å². The Kier molecular flexibility index (Phi) is 7.96. The Balaban J connectivity index is 1.32. The number of benzene rings is 1. The van der Waals surface area contributed by atoms with Crippen molar-refractivity contribution in [2.24, 2.45) is 16.8 Å². The van der Waals surface area contributed by atoms with E-state index in [0.717, 1.165) is 44.7 Å². The van der Waals surface area contributed by atoms with Gasteiger partial charge in [0.05, 0.1) is 13.2 Å². The van der Waals surface area contributed by atoms with Crippen LogP contribution in [0.1, 0.15) is 31.7 Å². The van der Waals surface area contributed by atoms with Crippen molar-refractivity contribution in [2.45, 2.75) is 32.8 Å². The molecule has 0 aliphatic carbocycles. The smallest absolute Gasteiger partial charge is 0.193 e. The molecular formula is C22H36N4O. The van der Waals surface area contributed by atoms with Gasteiger partial charge < -0.3 is 19.9 Å². The van der Waals surface area contributed by atoms with Gasteiger partial charge in [0.2, 0.25) is 0 Å². The van der Waals surface area contributed by atoms with Crippen molar-refractivity contribution in [2.75, 3.05) is 52.9 Å². The molecule has 150 valence electrons. The third-order valence-electron chi connectivity index (χ3n) is 5.85. The maximum Gasteiger partial charge on any atom is 0.193 e. The number of piperidine rings is 1. The minimum atomic E-state index is 0.593. The summed E-state index contributed by atoms with van der Waals surface area (Å²) in [6, 6.07) is 10.4. The van der Waals surface area contributed by atoms with E-state index in [-0.39, 0.29) is 0 Å².